The average Bonchev–Trinajstić information content (AvgIpc) is 2.88. The highest BCUT2D eigenvalue weighted by Crippen LogP contribution is 2.37. The van der Waals surface area contributed by atoms with Gasteiger partial charge < -0.3 is 10.1 Å². The van der Waals surface area contributed by atoms with Gasteiger partial charge in [-0.3, -0.25) is 0 Å². The zero-order valence-corrected chi connectivity index (χ0v) is 12.1. The molecular formula is C13H23N3OS. The zero-order valence-electron chi connectivity index (χ0n) is 11.3. The van der Waals surface area contributed by atoms with Crippen molar-refractivity contribution in [2.75, 3.05) is 25.6 Å². The first kappa shape index (κ1) is 13.7. The molecule has 2 atom stereocenters. The summed E-state index contributed by atoms with van der Waals surface area (Å²) in [6.07, 6.45) is 6.53. The first-order valence-electron chi connectivity index (χ1n) is 6.90. The Morgan fingerprint density at radius 1 is 1.44 bits per heavy atom. The number of hydrogen-bond donors (Lipinski definition) is 1. The summed E-state index contributed by atoms with van der Waals surface area (Å²) < 4.78 is 9.52. The van der Waals surface area contributed by atoms with Crippen molar-refractivity contribution in [1.82, 2.24) is 9.36 Å². The van der Waals surface area contributed by atoms with Crippen molar-refractivity contribution in [3.05, 3.63) is 5.82 Å². The molecule has 2 rings (SSSR count). The molecule has 1 N–H and O–H groups in total. The number of nitrogens with one attached hydrogen (secondary N) is 1. The molecule has 0 saturated heterocycles. The highest BCUT2D eigenvalue weighted by Gasteiger charge is 2.25. The lowest BCUT2D eigenvalue weighted by Gasteiger charge is -2.26. The summed E-state index contributed by atoms with van der Waals surface area (Å²) in [5.41, 5.74) is 0. The molecule has 0 aliphatic heterocycles. The third-order valence-electron chi connectivity index (χ3n) is 3.75. The SMILES string of the molecule is CCC1CCCC(c2nsc(NCCOC)n2)C1. The van der Waals surface area contributed by atoms with Gasteiger partial charge in [0.15, 0.2) is 0 Å². The summed E-state index contributed by atoms with van der Waals surface area (Å²) in [6, 6.07) is 0. The predicted octanol–water partition coefficient (Wildman–Crippen LogP) is 3.28. The Morgan fingerprint density at radius 2 is 2.33 bits per heavy atom. The van der Waals surface area contributed by atoms with Crippen LogP contribution in [0.15, 0.2) is 0 Å². The van der Waals surface area contributed by atoms with E-state index >= 15 is 0 Å². The molecule has 1 fully saturated rings. The van der Waals surface area contributed by atoms with E-state index in [1.54, 1.807) is 7.11 Å². The lowest BCUT2D eigenvalue weighted by molar-refractivity contribution is 0.211. The minimum Gasteiger partial charge on any atom is -0.383 e. The van der Waals surface area contributed by atoms with Crippen molar-refractivity contribution in [2.45, 2.75) is 44.9 Å². The third kappa shape index (κ3) is 3.65. The van der Waals surface area contributed by atoms with Crippen molar-refractivity contribution >= 4 is 16.7 Å². The summed E-state index contributed by atoms with van der Waals surface area (Å²) in [6.45, 7) is 3.79. The monoisotopic (exact) mass is 269 g/mol. The molecule has 1 aromatic heterocycles. The third-order valence-corrected chi connectivity index (χ3v) is 4.44. The van der Waals surface area contributed by atoms with Crippen LogP contribution in [0.3, 0.4) is 0 Å². The van der Waals surface area contributed by atoms with Crippen molar-refractivity contribution in [2.24, 2.45) is 5.92 Å². The van der Waals surface area contributed by atoms with E-state index in [1.807, 2.05) is 0 Å². The Bertz CT molecular complexity index is 356. The molecule has 0 amide bonds. The Morgan fingerprint density at radius 3 is 3.11 bits per heavy atom. The van der Waals surface area contributed by atoms with E-state index in [4.69, 9.17) is 4.74 Å². The van der Waals surface area contributed by atoms with Crippen molar-refractivity contribution in [3.8, 4) is 0 Å². The summed E-state index contributed by atoms with van der Waals surface area (Å²) >= 11 is 1.47. The number of rotatable bonds is 6. The maximum Gasteiger partial charge on any atom is 0.202 e. The van der Waals surface area contributed by atoms with E-state index < -0.39 is 0 Å². The van der Waals surface area contributed by atoms with Crippen LogP contribution in [0, 0.1) is 5.92 Å². The number of hydrogen-bond acceptors (Lipinski definition) is 5. The van der Waals surface area contributed by atoms with Gasteiger partial charge in [-0.1, -0.05) is 26.2 Å². The fraction of sp³-hybridized carbons (Fsp3) is 0.846. The fourth-order valence-electron chi connectivity index (χ4n) is 2.63. The molecular weight excluding hydrogens is 246 g/mol. The van der Waals surface area contributed by atoms with Gasteiger partial charge in [0.2, 0.25) is 5.13 Å². The standard InChI is InChI=1S/C13H23N3OS/c1-3-10-5-4-6-11(9-10)12-15-13(18-16-12)14-7-8-17-2/h10-11H,3-9H2,1-2H3,(H,14,15,16). The van der Waals surface area contributed by atoms with Gasteiger partial charge >= 0.3 is 0 Å². The topological polar surface area (TPSA) is 47.0 Å². The van der Waals surface area contributed by atoms with E-state index in [9.17, 15) is 0 Å². The average molecular weight is 269 g/mol. The second kappa shape index (κ2) is 7.04. The maximum absolute atomic E-state index is 5.01. The quantitative estimate of drug-likeness (QED) is 0.805. The van der Waals surface area contributed by atoms with E-state index in [-0.39, 0.29) is 0 Å². The van der Waals surface area contributed by atoms with E-state index in [0.29, 0.717) is 12.5 Å². The molecule has 102 valence electrons. The van der Waals surface area contributed by atoms with Crippen LogP contribution < -0.4 is 5.32 Å². The normalized spacial score (nSPS) is 24.1. The maximum atomic E-state index is 5.01. The Hall–Kier alpha value is -0.680. The van der Waals surface area contributed by atoms with Gasteiger partial charge in [0, 0.05) is 31.1 Å². The number of nitrogens with zero attached hydrogens (tertiary/aromatic N) is 2. The lowest BCUT2D eigenvalue weighted by atomic mass is 9.80. The molecule has 1 aromatic rings. The number of methoxy groups -OCH3 is 1. The molecule has 0 bridgehead atoms. The first-order chi connectivity index (χ1) is 8.83. The molecule has 1 aliphatic rings. The highest BCUT2D eigenvalue weighted by molar-refractivity contribution is 7.09. The van der Waals surface area contributed by atoms with Crippen LogP contribution in [0.1, 0.15) is 50.8 Å². The van der Waals surface area contributed by atoms with E-state index in [0.717, 1.165) is 23.4 Å². The number of ether oxygens (including phenoxy) is 1. The van der Waals surface area contributed by atoms with Crippen LogP contribution in [0.4, 0.5) is 5.13 Å². The Labute approximate surface area is 113 Å². The van der Waals surface area contributed by atoms with Gasteiger partial charge in [-0.25, -0.2) is 4.98 Å². The van der Waals surface area contributed by atoms with Gasteiger partial charge in [0.25, 0.3) is 0 Å². The highest BCUT2D eigenvalue weighted by atomic mass is 32.1. The summed E-state index contributed by atoms with van der Waals surface area (Å²) in [4.78, 5) is 4.62. The number of aromatic nitrogens is 2. The van der Waals surface area contributed by atoms with E-state index in [1.165, 1.54) is 43.6 Å². The van der Waals surface area contributed by atoms with Crippen molar-refractivity contribution in [3.63, 3.8) is 0 Å². The summed E-state index contributed by atoms with van der Waals surface area (Å²) in [5.74, 6) is 2.51. The fourth-order valence-corrected chi connectivity index (χ4v) is 3.30. The van der Waals surface area contributed by atoms with Crippen LogP contribution in [0.2, 0.25) is 0 Å². The van der Waals surface area contributed by atoms with Crippen LogP contribution >= 0.6 is 11.5 Å². The molecule has 1 saturated carbocycles. The van der Waals surface area contributed by atoms with Gasteiger partial charge in [0.1, 0.15) is 5.82 Å². The largest absolute Gasteiger partial charge is 0.383 e. The number of anilines is 1. The smallest absolute Gasteiger partial charge is 0.202 e. The lowest BCUT2D eigenvalue weighted by Crippen LogP contribution is -2.14. The molecule has 18 heavy (non-hydrogen) atoms. The molecule has 1 aliphatic carbocycles. The molecule has 5 heteroatoms. The van der Waals surface area contributed by atoms with Gasteiger partial charge in [-0.2, -0.15) is 4.37 Å². The van der Waals surface area contributed by atoms with Crippen LogP contribution in [-0.4, -0.2) is 29.6 Å². The Balaban J connectivity index is 1.88. The molecule has 0 radical (unpaired) electrons. The molecule has 2 unspecified atom stereocenters. The van der Waals surface area contributed by atoms with Crippen molar-refractivity contribution < 1.29 is 4.74 Å². The minimum absolute atomic E-state index is 0.581. The second-order valence-corrected chi connectivity index (χ2v) is 5.77. The van der Waals surface area contributed by atoms with E-state index in [2.05, 4.69) is 21.6 Å². The zero-order chi connectivity index (χ0) is 12.8. The molecule has 0 aromatic carbocycles. The molecule has 4 nitrogen and oxygen atoms in total. The predicted molar refractivity (Wildman–Crippen MR) is 75.3 cm³/mol. The van der Waals surface area contributed by atoms with Gasteiger partial charge in [0.05, 0.1) is 6.61 Å². The second-order valence-electron chi connectivity index (χ2n) is 5.02. The van der Waals surface area contributed by atoms with Crippen molar-refractivity contribution in [1.29, 1.82) is 0 Å². The van der Waals surface area contributed by atoms with Crippen LogP contribution in [-0.2, 0) is 4.74 Å². The Kier molecular flexibility index (Phi) is 5.38. The molecule has 0 spiro atoms. The first-order valence-corrected chi connectivity index (χ1v) is 7.67. The van der Waals surface area contributed by atoms with Gasteiger partial charge in [-0.05, 0) is 18.8 Å². The van der Waals surface area contributed by atoms with Crippen LogP contribution in [0.5, 0.6) is 0 Å². The van der Waals surface area contributed by atoms with Crippen LogP contribution in [0.25, 0.3) is 0 Å². The minimum atomic E-state index is 0.581. The summed E-state index contributed by atoms with van der Waals surface area (Å²) in [5, 5.41) is 4.18. The molecule has 1 heterocycles. The van der Waals surface area contributed by atoms with Gasteiger partial charge in [-0.15, -0.1) is 0 Å². The summed E-state index contributed by atoms with van der Waals surface area (Å²) in [7, 11) is 1.71.